The summed E-state index contributed by atoms with van der Waals surface area (Å²) in [5, 5.41) is 15.5. The van der Waals surface area contributed by atoms with Gasteiger partial charge in [-0.1, -0.05) is 30.9 Å². The van der Waals surface area contributed by atoms with Crippen LogP contribution in [0.3, 0.4) is 0 Å². The molecule has 0 aromatic carbocycles. The van der Waals surface area contributed by atoms with Crippen molar-refractivity contribution in [3.63, 3.8) is 0 Å². The number of hydrogen-bond donors (Lipinski definition) is 1. The van der Waals surface area contributed by atoms with Crippen LogP contribution in [0.15, 0.2) is 0 Å². The molecule has 1 heterocycles. The van der Waals surface area contributed by atoms with Crippen LogP contribution in [0, 0.1) is 13.8 Å². The second-order valence-electron chi connectivity index (χ2n) is 4.93. The summed E-state index contributed by atoms with van der Waals surface area (Å²) in [6, 6.07) is 0. The van der Waals surface area contributed by atoms with Crippen LogP contribution in [-0.4, -0.2) is 20.5 Å². The van der Waals surface area contributed by atoms with Crippen molar-refractivity contribution in [3.05, 3.63) is 16.4 Å². The van der Waals surface area contributed by atoms with E-state index in [2.05, 4.69) is 5.10 Å². The van der Waals surface area contributed by atoms with Gasteiger partial charge in [-0.2, -0.15) is 5.10 Å². The summed E-state index contributed by atoms with van der Waals surface area (Å²) >= 11 is 6.10. The van der Waals surface area contributed by atoms with E-state index in [1.54, 1.807) is 0 Å². The molecule has 0 aliphatic heterocycles. The van der Waals surface area contributed by atoms with Crippen LogP contribution in [0.1, 0.15) is 43.5 Å². The van der Waals surface area contributed by atoms with Crippen LogP contribution in [0.2, 0.25) is 5.02 Å². The van der Waals surface area contributed by atoms with Crippen LogP contribution >= 0.6 is 11.6 Å². The van der Waals surface area contributed by atoms with Crippen molar-refractivity contribution < 1.29 is 5.11 Å². The van der Waals surface area contributed by atoms with Crippen molar-refractivity contribution >= 4 is 11.6 Å². The Labute approximate surface area is 101 Å². The molecular formula is C12H19ClN2O. The molecule has 0 saturated heterocycles. The van der Waals surface area contributed by atoms with Crippen molar-refractivity contribution in [2.24, 2.45) is 0 Å². The highest BCUT2D eigenvalue weighted by molar-refractivity contribution is 6.31. The maximum atomic E-state index is 10.4. The normalized spacial score (nSPS) is 20.0. The van der Waals surface area contributed by atoms with E-state index in [1.807, 2.05) is 18.5 Å². The summed E-state index contributed by atoms with van der Waals surface area (Å²) in [6.07, 6.45) is 5.22. The molecule has 1 saturated carbocycles. The highest BCUT2D eigenvalue weighted by atomic mass is 35.5. The van der Waals surface area contributed by atoms with Crippen molar-refractivity contribution in [2.75, 3.05) is 0 Å². The molecule has 0 radical (unpaired) electrons. The Morgan fingerprint density at radius 2 is 1.94 bits per heavy atom. The Balaban J connectivity index is 2.16. The molecule has 4 heteroatoms. The van der Waals surface area contributed by atoms with E-state index in [9.17, 15) is 5.11 Å². The monoisotopic (exact) mass is 242 g/mol. The van der Waals surface area contributed by atoms with Crippen molar-refractivity contribution in [1.29, 1.82) is 0 Å². The molecule has 1 aromatic heterocycles. The number of aryl methyl sites for hydroxylation is 1. The molecule has 90 valence electrons. The zero-order valence-corrected chi connectivity index (χ0v) is 10.7. The molecule has 1 aromatic rings. The van der Waals surface area contributed by atoms with Gasteiger partial charge in [-0.25, -0.2) is 0 Å². The molecule has 1 fully saturated rings. The molecule has 2 rings (SSSR count). The van der Waals surface area contributed by atoms with Gasteiger partial charge in [0.25, 0.3) is 0 Å². The molecule has 1 aliphatic rings. The van der Waals surface area contributed by atoms with Gasteiger partial charge in [0, 0.05) is 0 Å². The minimum Gasteiger partial charge on any atom is -0.388 e. The van der Waals surface area contributed by atoms with Gasteiger partial charge in [0.1, 0.15) is 0 Å². The number of aliphatic hydroxyl groups is 1. The average molecular weight is 243 g/mol. The largest absolute Gasteiger partial charge is 0.388 e. The van der Waals surface area contributed by atoms with Crippen molar-refractivity contribution in [2.45, 2.75) is 58.1 Å². The molecule has 1 aliphatic carbocycles. The first-order valence-electron chi connectivity index (χ1n) is 5.94. The second-order valence-corrected chi connectivity index (χ2v) is 5.31. The smallest absolute Gasteiger partial charge is 0.0844 e. The van der Waals surface area contributed by atoms with E-state index < -0.39 is 5.60 Å². The third-order valence-electron chi connectivity index (χ3n) is 3.52. The Hall–Kier alpha value is -0.540. The number of rotatable bonds is 2. The van der Waals surface area contributed by atoms with Crippen LogP contribution in [0.4, 0.5) is 0 Å². The fourth-order valence-corrected chi connectivity index (χ4v) is 2.61. The van der Waals surface area contributed by atoms with E-state index in [1.165, 1.54) is 6.42 Å². The van der Waals surface area contributed by atoms with E-state index >= 15 is 0 Å². The highest BCUT2D eigenvalue weighted by Gasteiger charge is 2.30. The fourth-order valence-electron chi connectivity index (χ4n) is 2.48. The number of aromatic nitrogens is 2. The molecule has 0 unspecified atom stereocenters. The highest BCUT2D eigenvalue weighted by Crippen LogP contribution is 2.30. The molecule has 0 spiro atoms. The quantitative estimate of drug-likeness (QED) is 0.866. The van der Waals surface area contributed by atoms with E-state index in [4.69, 9.17) is 11.6 Å². The van der Waals surface area contributed by atoms with Gasteiger partial charge < -0.3 is 5.11 Å². The summed E-state index contributed by atoms with van der Waals surface area (Å²) in [4.78, 5) is 0. The summed E-state index contributed by atoms with van der Waals surface area (Å²) in [5.41, 5.74) is 1.22. The molecule has 16 heavy (non-hydrogen) atoms. The van der Waals surface area contributed by atoms with Crippen LogP contribution in [0.5, 0.6) is 0 Å². The lowest BCUT2D eigenvalue weighted by molar-refractivity contribution is -0.0147. The first-order valence-corrected chi connectivity index (χ1v) is 6.31. The summed E-state index contributed by atoms with van der Waals surface area (Å²) < 4.78 is 1.85. The maximum Gasteiger partial charge on any atom is 0.0844 e. The van der Waals surface area contributed by atoms with E-state index in [0.717, 1.165) is 42.1 Å². The minimum absolute atomic E-state index is 0.576. The summed E-state index contributed by atoms with van der Waals surface area (Å²) in [5.74, 6) is 0. The molecule has 3 nitrogen and oxygen atoms in total. The predicted molar refractivity (Wildman–Crippen MR) is 64.7 cm³/mol. The van der Waals surface area contributed by atoms with Crippen molar-refractivity contribution in [3.8, 4) is 0 Å². The summed E-state index contributed by atoms with van der Waals surface area (Å²) in [6.45, 7) is 4.43. The average Bonchev–Trinajstić information content (AvgIpc) is 2.47. The second kappa shape index (κ2) is 4.38. The van der Waals surface area contributed by atoms with Gasteiger partial charge in [0.15, 0.2) is 0 Å². The molecule has 0 atom stereocenters. The van der Waals surface area contributed by atoms with Gasteiger partial charge in [-0.15, -0.1) is 0 Å². The summed E-state index contributed by atoms with van der Waals surface area (Å²) in [7, 11) is 0. The first-order chi connectivity index (χ1) is 7.52. The maximum absolute atomic E-state index is 10.4. The van der Waals surface area contributed by atoms with E-state index in [-0.39, 0.29) is 0 Å². The number of nitrogens with zero attached hydrogens (tertiary/aromatic N) is 2. The van der Waals surface area contributed by atoms with Crippen LogP contribution < -0.4 is 0 Å². The third-order valence-corrected chi connectivity index (χ3v) is 4.07. The molecule has 1 N–H and O–H groups in total. The van der Waals surface area contributed by atoms with Crippen LogP contribution in [0.25, 0.3) is 0 Å². The molecule has 0 bridgehead atoms. The standard InChI is InChI=1S/C12H19ClN2O/c1-9-11(13)10(2)15(14-9)8-12(16)6-4-3-5-7-12/h16H,3-8H2,1-2H3. The topological polar surface area (TPSA) is 38.0 Å². The third kappa shape index (κ3) is 2.25. The Morgan fingerprint density at radius 3 is 2.44 bits per heavy atom. The Kier molecular flexibility index (Phi) is 3.27. The van der Waals surface area contributed by atoms with E-state index in [0.29, 0.717) is 6.54 Å². The van der Waals surface area contributed by atoms with Gasteiger partial charge in [0.05, 0.1) is 28.6 Å². The SMILES string of the molecule is Cc1nn(CC2(O)CCCCC2)c(C)c1Cl. The zero-order chi connectivity index (χ0) is 11.8. The minimum atomic E-state index is -0.579. The van der Waals surface area contributed by atoms with Gasteiger partial charge in [-0.05, 0) is 26.7 Å². The molecular weight excluding hydrogens is 224 g/mol. The van der Waals surface area contributed by atoms with Gasteiger partial charge >= 0.3 is 0 Å². The lowest BCUT2D eigenvalue weighted by atomic mass is 9.85. The molecule has 0 amide bonds. The number of hydrogen-bond acceptors (Lipinski definition) is 2. The lowest BCUT2D eigenvalue weighted by Crippen LogP contribution is -2.37. The van der Waals surface area contributed by atoms with Gasteiger partial charge in [-0.3, -0.25) is 4.68 Å². The Bertz CT molecular complexity index is 381. The van der Waals surface area contributed by atoms with Gasteiger partial charge in [0.2, 0.25) is 0 Å². The predicted octanol–water partition coefficient (Wildman–Crippen LogP) is 2.85. The first kappa shape index (κ1) is 11.9. The fraction of sp³-hybridized carbons (Fsp3) is 0.750. The zero-order valence-electron chi connectivity index (χ0n) is 9.96. The van der Waals surface area contributed by atoms with Crippen LogP contribution in [-0.2, 0) is 6.54 Å². The lowest BCUT2D eigenvalue weighted by Gasteiger charge is -2.32. The van der Waals surface area contributed by atoms with Crippen molar-refractivity contribution in [1.82, 2.24) is 9.78 Å². The Morgan fingerprint density at radius 1 is 1.31 bits per heavy atom. The number of halogens is 1.